The van der Waals surface area contributed by atoms with Crippen molar-refractivity contribution in [1.82, 2.24) is 15.2 Å². The number of hydrogen-bond acceptors (Lipinski definition) is 5. The highest BCUT2D eigenvalue weighted by atomic mass is 32.1. The van der Waals surface area contributed by atoms with Gasteiger partial charge < -0.3 is 10.1 Å². The molecule has 0 radical (unpaired) electrons. The van der Waals surface area contributed by atoms with E-state index in [4.69, 9.17) is 4.74 Å². The second-order valence-electron chi connectivity index (χ2n) is 6.98. The van der Waals surface area contributed by atoms with E-state index >= 15 is 0 Å². The molecule has 7 heteroatoms. The highest BCUT2D eigenvalue weighted by Gasteiger charge is 2.23. The molecule has 0 spiro atoms. The summed E-state index contributed by atoms with van der Waals surface area (Å²) in [6.45, 7) is 13.5. The van der Waals surface area contributed by atoms with Crippen LogP contribution in [0.3, 0.4) is 0 Å². The first-order valence-electron chi connectivity index (χ1n) is 8.16. The van der Waals surface area contributed by atoms with Crippen LogP contribution in [0.2, 0.25) is 0 Å². The van der Waals surface area contributed by atoms with E-state index in [-0.39, 0.29) is 11.4 Å². The summed E-state index contributed by atoms with van der Waals surface area (Å²) in [5.41, 5.74) is 1.07. The van der Waals surface area contributed by atoms with Gasteiger partial charge in [-0.25, -0.2) is 9.78 Å². The number of morpholine rings is 1. The van der Waals surface area contributed by atoms with Gasteiger partial charge in [-0.15, -0.1) is 11.3 Å². The first-order chi connectivity index (χ1) is 10.9. The summed E-state index contributed by atoms with van der Waals surface area (Å²) >= 11 is 1.47. The number of rotatable bonds is 6. The Hall–Kier alpha value is -1.18. The number of hydrogen-bond donors (Lipinski definition) is 2. The van der Waals surface area contributed by atoms with Crippen LogP contribution in [0.4, 0.5) is 9.93 Å². The third kappa shape index (κ3) is 5.75. The fourth-order valence-corrected chi connectivity index (χ4v) is 2.78. The monoisotopic (exact) mass is 340 g/mol. The van der Waals surface area contributed by atoms with Crippen LogP contribution in [0.5, 0.6) is 0 Å². The number of aromatic nitrogens is 1. The van der Waals surface area contributed by atoms with Gasteiger partial charge in [-0.2, -0.15) is 0 Å². The van der Waals surface area contributed by atoms with Crippen LogP contribution < -0.4 is 10.6 Å². The van der Waals surface area contributed by atoms with E-state index in [1.165, 1.54) is 11.3 Å². The van der Waals surface area contributed by atoms with Gasteiger partial charge >= 0.3 is 6.03 Å². The summed E-state index contributed by atoms with van der Waals surface area (Å²) in [4.78, 5) is 18.8. The molecule has 0 aliphatic carbocycles. The molecule has 130 valence electrons. The zero-order valence-electron chi connectivity index (χ0n) is 14.5. The molecular weight excluding hydrogens is 312 g/mol. The second-order valence-corrected chi connectivity index (χ2v) is 7.84. The van der Waals surface area contributed by atoms with Crippen molar-refractivity contribution >= 4 is 22.5 Å². The van der Waals surface area contributed by atoms with Gasteiger partial charge in [0.2, 0.25) is 0 Å². The lowest BCUT2D eigenvalue weighted by atomic mass is 9.81. The number of urea groups is 1. The smallest absolute Gasteiger partial charge is 0.321 e. The Morgan fingerprint density at radius 2 is 2.13 bits per heavy atom. The normalized spacial score (nSPS) is 16.6. The lowest BCUT2D eigenvalue weighted by Gasteiger charge is -2.29. The quantitative estimate of drug-likeness (QED) is 0.836. The van der Waals surface area contributed by atoms with E-state index in [1.54, 1.807) is 0 Å². The predicted octanol–water partition coefficient (Wildman–Crippen LogP) is 2.78. The van der Waals surface area contributed by atoms with E-state index in [0.717, 1.165) is 38.5 Å². The zero-order chi connectivity index (χ0) is 16.9. The van der Waals surface area contributed by atoms with Crippen molar-refractivity contribution < 1.29 is 9.53 Å². The predicted molar refractivity (Wildman–Crippen MR) is 93.9 cm³/mol. The van der Waals surface area contributed by atoms with Crippen LogP contribution in [0.25, 0.3) is 0 Å². The third-order valence-corrected chi connectivity index (χ3v) is 5.34. The lowest BCUT2D eigenvalue weighted by molar-refractivity contribution is 0.0337. The topological polar surface area (TPSA) is 66.5 Å². The average molecular weight is 340 g/mol. The van der Waals surface area contributed by atoms with E-state index in [9.17, 15) is 4.79 Å². The van der Waals surface area contributed by atoms with Crippen molar-refractivity contribution in [3.8, 4) is 0 Å². The summed E-state index contributed by atoms with van der Waals surface area (Å²) in [5, 5.41) is 8.41. The van der Waals surface area contributed by atoms with Gasteiger partial charge in [-0.1, -0.05) is 27.7 Å². The number of amides is 2. The molecule has 2 N–H and O–H groups in total. The average Bonchev–Trinajstić information content (AvgIpc) is 2.93. The Labute approximate surface area is 142 Å². The summed E-state index contributed by atoms with van der Waals surface area (Å²) in [6.07, 6.45) is 0. The summed E-state index contributed by atoms with van der Waals surface area (Å²) in [7, 11) is 0. The largest absolute Gasteiger partial charge is 0.379 e. The first-order valence-corrected chi connectivity index (χ1v) is 9.04. The Kier molecular flexibility index (Phi) is 6.38. The molecule has 0 unspecified atom stereocenters. The minimum absolute atomic E-state index is 0.0711. The van der Waals surface area contributed by atoms with Gasteiger partial charge in [0.1, 0.15) is 0 Å². The number of ether oxygens (including phenoxy) is 1. The first kappa shape index (κ1) is 18.2. The number of anilines is 1. The molecule has 2 amide bonds. The molecule has 1 fully saturated rings. The van der Waals surface area contributed by atoms with Crippen molar-refractivity contribution in [1.29, 1.82) is 0 Å². The van der Waals surface area contributed by atoms with Gasteiger partial charge in [0.05, 0.1) is 18.9 Å². The molecule has 6 nitrogen and oxygen atoms in total. The van der Waals surface area contributed by atoms with Gasteiger partial charge in [0.25, 0.3) is 0 Å². The fraction of sp³-hybridized carbons (Fsp3) is 0.750. The van der Waals surface area contributed by atoms with Crippen LogP contribution >= 0.6 is 11.3 Å². The van der Waals surface area contributed by atoms with Gasteiger partial charge in [-0.05, 0) is 11.3 Å². The molecular formula is C16H28N4O2S. The maximum absolute atomic E-state index is 12.0. The van der Waals surface area contributed by atoms with Crippen LogP contribution in [-0.2, 0) is 11.3 Å². The molecule has 0 bridgehead atoms. The van der Waals surface area contributed by atoms with Gasteiger partial charge in [-0.3, -0.25) is 10.2 Å². The molecule has 1 saturated heterocycles. The molecule has 0 saturated carbocycles. The number of thiazole rings is 1. The Bertz CT molecular complexity index is 510. The van der Waals surface area contributed by atoms with Gasteiger partial charge in [0.15, 0.2) is 5.13 Å². The number of nitrogens with one attached hydrogen (secondary N) is 2. The van der Waals surface area contributed by atoms with Crippen LogP contribution in [0.15, 0.2) is 5.38 Å². The summed E-state index contributed by atoms with van der Waals surface area (Å²) in [5.74, 6) is 0.503. The molecule has 2 rings (SSSR count). The number of nitrogens with zero attached hydrogens (tertiary/aromatic N) is 2. The summed E-state index contributed by atoms with van der Waals surface area (Å²) in [6, 6.07) is -0.189. The SMILES string of the molecule is CC(C)C(C)(C)CNC(=O)Nc1nc(CN2CCOCC2)cs1. The van der Waals surface area contributed by atoms with Crippen molar-refractivity contribution in [3.05, 3.63) is 11.1 Å². The molecule has 1 aliphatic heterocycles. The maximum Gasteiger partial charge on any atom is 0.321 e. The number of carbonyl (C=O) groups is 1. The molecule has 1 aromatic rings. The Morgan fingerprint density at radius 1 is 1.43 bits per heavy atom. The van der Waals surface area contributed by atoms with Crippen LogP contribution in [0, 0.1) is 11.3 Å². The molecule has 23 heavy (non-hydrogen) atoms. The molecule has 0 aromatic carbocycles. The molecule has 0 atom stereocenters. The minimum Gasteiger partial charge on any atom is -0.379 e. The molecule has 2 heterocycles. The number of carbonyl (C=O) groups excluding carboxylic acids is 1. The summed E-state index contributed by atoms with van der Waals surface area (Å²) < 4.78 is 5.34. The zero-order valence-corrected chi connectivity index (χ0v) is 15.3. The maximum atomic E-state index is 12.0. The van der Waals surface area contributed by atoms with Crippen LogP contribution in [-0.4, -0.2) is 48.8 Å². The highest BCUT2D eigenvalue weighted by molar-refractivity contribution is 7.13. The third-order valence-electron chi connectivity index (χ3n) is 4.53. The Balaban J connectivity index is 1.78. The Morgan fingerprint density at radius 3 is 2.78 bits per heavy atom. The van der Waals surface area contributed by atoms with Gasteiger partial charge in [0, 0.05) is 31.6 Å². The molecule has 1 aliphatic rings. The van der Waals surface area contributed by atoms with Crippen molar-refractivity contribution in [2.24, 2.45) is 11.3 Å². The lowest BCUT2D eigenvalue weighted by Crippen LogP contribution is -2.39. The van der Waals surface area contributed by atoms with E-state index in [1.807, 2.05) is 5.38 Å². The van der Waals surface area contributed by atoms with E-state index in [2.05, 4.69) is 48.2 Å². The highest BCUT2D eigenvalue weighted by Crippen LogP contribution is 2.24. The van der Waals surface area contributed by atoms with E-state index < -0.39 is 0 Å². The standard InChI is InChI=1S/C16H28N4O2S/c1-12(2)16(3,4)11-17-14(21)19-15-18-13(10-23-15)9-20-5-7-22-8-6-20/h10,12H,5-9,11H2,1-4H3,(H2,17,18,19,21). The second kappa shape index (κ2) is 8.08. The minimum atomic E-state index is -0.189. The fourth-order valence-electron chi connectivity index (χ4n) is 2.08. The van der Waals surface area contributed by atoms with E-state index in [0.29, 0.717) is 17.6 Å². The van der Waals surface area contributed by atoms with Crippen molar-refractivity contribution in [2.45, 2.75) is 34.2 Å². The van der Waals surface area contributed by atoms with Crippen molar-refractivity contribution in [2.75, 3.05) is 38.2 Å². The molecule has 1 aromatic heterocycles. The van der Waals surface area contributed by atoms with Crippen molar-refractivity contribution in [3.63, 3.8) is 0 Å². The van der Waals surface area contributed by atoms with Crippen LogP contribution in [0.1, 0.15) is 33.4 Å².